The Balaban J connectivity index is 2.55. The second kappa shape index (κ2) is 5.16. The van der Waals surface area contributed by atoms with Crippen molar-refractivity contribution in [2.45, 2.75) is 24.5 Å². The van der Waals surface area contributed by atoms with Crippen LogP contribution in [0.1, 0.15) is 0 Å². The summed E-state index contributed by atoms with van der Waals surface area (Å²) in [4.78, 5) is 21.2. The van der Waals surface area contributed by atoms with E-state index >= 15 is 0 Å². The maximum Gasteiger partial charge on any atom is 0.342 e. The lowest BCUT2D eigenvalue weighted by Crippen LogP contribution is -2.59. The molecule has 0 aliphatic carbocycles. The minimum absolute atomic E-state index is 0.235. The van der Waals surface area contributed by atoms with Crippen molar-refractivity contribution in [1.82, 2.24) is 10.3 Å². The van der Waals surface area contributed by atoms with Gasteiger partial charge in [0, 0.05) is 7.05 Å². The van der Waals surface area contributed by atoms with Gasteiger partial charge in [-0.3, -0.25) is 0 Å². The molecular formula is C7H13N3O6. The van der Waals surface area contributed by atoms with Gasteiger partial charge in [0.2, 0.25) is 0 Å². The predicted octanol–water partition coefficient (Wildman–Crippen LogP) is -2.25. The van der Waals surface area contributed by atoms with Gasteiger partial charge in [-0.25, -0.2) is 4.79 Å². The Morgan fingerprint density at radius 3 is 2.62 bits per heavy atom. The maximum atomic E-state index is 11.2. The van der Waals surface area contributed by atoms with Crippen molar-refractivity contribution in [3.05, 3.63) is 4.91 Å². The average molecular weight is 235 g/mol. The van der Waals surface area contributed by atoms with Crippen LogP contribution in [0.4, 0.5) is 4.79 Å². The molecule has 1 saturated heterocycles. The Bertz CT molecular complexity index is 275. The fourth-order valence-corrected chi connectivity index (χ4v) is 1.19. The third-order valence-corrected chi connectivity index (χ3v) is 2.18. The Labute approximate surface area is 90.6 Å². The fraction of sp³-hybridized carbons (Fsp3) is 0.857. The summed E-state index contributed by atoms with van der Waals surface area (Å²) in [5.74, 6) is 0. The Morgan fingerprint density at radius 2 is 2.06 bits per heavy atom. The van der Waals surface area contributed by atoms with E-state index in [9.17, 15) is 19.9 Å². The van der Waals surface area contributed by atoms with E-state index in [0.29, 0.717) is 5.01 Å². The molecule has 4 N–H and O–H groups in total. The Kier molecular flexibility index (Phi) is 4.12. The number of ether oxygens (including phenoxy) is 1. The quantitative estimate of drug-likeness (QED) is 0.316. The Hall–Kier alpha value is -1.29. The molecule has 0 aromatic heterocycles. The molecule has 1 rings (SSSR count). The van der Waals surface area contributed by atoms with Crippen molar-refractivity contribution in [1.29, 1.82) is 0 Å². The molecule has 9 nitrogen and oxygen atoms in total. The first-order chi connectivity index (χ1) is 7.47. The van der Waals surface area contributed by atoms with Crippen LogP contribution in [0.15, 0.2) is 5.29 Å². The van der Waals surface area contributed by atoms with Gasteiger partial charge >= 0.3 is 6.03 Å². The van der Waals surface area contributed by atoms with Gasteiger partial charge < -0.3 is 25.4 Å². The molecule has 1 aliphatic rings. The number of carbonyl (C=O) groups excluding carboxylic acids is 1. The second-order valence-electron chi connectivity index (χ2n) is 3.36. The van der Waals surface area contributed by atoms with E-state index in [1.807, 2.05) is 0 Å². The van der Waals surface area contributed by atoms with Crippen molar-refractivity contribution in [2.24, 2.45) is 5.29 Å². The zero-order chi connectivity index (χ0) is 12.3. The number of hydrogen-bond donors (Lipinski definition) is 4. The largest absolute Gasteiger partial charge is 0.388 e. The van der Waals surface area contributed by atoms with E-state index in [2.05, 4.69) is 10.6 Å². The molecule has 0 aromatic carbocycles. The molecule has 16 heavy (non-hydrogen) atoms. The lowest BCUT2D eigenvalue weighted by molar-refractivity contribution is -0.192. The summed E-state index contributed by atoms with van der Waals surface area (Å²) in [7, 11) is 1.11. The van der Waals surface area contributed by atoms with Gasteiger partial charge in [-0.1, -0.05) is 0 Å². The lowest BCUT2D eigenvalue weighted by atomic mass is 10.0. The summed E-state index contributed by atoms with van der Waals surface area (Å²) in [5.41, 5.74) is 0. The van der Waals surface area contributed by atoms with Gasteiger partial charge in [0.05, 0.1) is 11.9 Å². The van der Waals surface area contributed by atoms with Gasteiger partial charge in [-0.2, -0.15) is 5.01 Å². The van der Waals surface area contributed by atoms with E-state index in [1.54, 1.807) is 0 Å². The minimum atomic E-state index is -1.48. The smallest absolute Gasteiger partial charge is 0.342 e. The highest BCUT2D eigenvalue weighted by molar-refractivity contribution is 5.73. The zero-order valence-corrected chi connectivity index (χ0v) is 8.48. The van der Waals surface area contributed by atoms with Crippen LogP contribution in [-0.4, -0.2) is 64.6 Å². The molecule has 1 heterocycles. The first-order valence-electron chi connectivity index (χ1n) is 4.50. The number of urea groups is 1. The summed E-state index contributed by atoms with van der Waals surface area (Å²) >= 11 is 0. The molecule has 92 valence electrons. The van der Waals surface area contributed by atoms with Gasteiger partial charge in [-0.15, -0.1) is 4.91 Å². The maximum absolute atomic E-state index is 11.2. The van der Waals surface area contributed by atoms with Crippen molar-refractivity contribution in [2.75, 3.05) is 13.7 Å². The van der Waals surface area contributed by atoms with Crippen LogP contribution in [-0.2, 0) is 4.74 Å². The summed E-state index contributed by atoms with van der Waals surface area (Å²) in [6.07, 6.45) is -5.32. The molecule has 0 spiro atoms. The van der Waals surface area contributed by atoms with E-state index in [1.165, 1.54) is 0 Å². The van der Waals surface area contributed by atoms with Crippen LogP contribution in [0.2, 0.25) is 0 Å². The zero-order valence-electron chi connectivity index (χ0n) is 8.48. The van der Waals surface area contributed by atoms with Crippen molar-refractivity contribution < 1.29 is 24.9 Å². The third-order valence-electron chi connectivity index (χ3n) is 2.18. The Morgan fingerprint density at radius 1 is 1.44 bits per heavy atom. The number of nitroso groups, excluding NO2 is 1. The van der Waals surface area contributed by atoms with Crippen molar-refractivity contribution >= 4 is 6.03 Å². The average Bonchev–Trinajstić information content (AvgIpc) is 2.28. The van der Waals surface area contributed by atoms with Gasteiger partial charge in [0.1, 0.15) is 18.3 Å². The number of amides is 2. The van der Waals surface area contributed by atoms with Crippen LogP contribution in [0.3, 0.4) is 0 Å². The molecule has 9 heteroatoms. The summed E-state index contributed by atoms with van der Waals surface area (Å²) in [5, 5.41) is 32.8. The van der Waals surface area contributed by atoms with E-state index in [4.69, 9.17) is 9.84 Å². The monoisotopic (exact) mass is 235 g/mol. The predicted molar refractivity (Wildman–Crippen MR) is 49.9 cm³/mol. The number of aliphatic hydroxyl groups excluding tert-OH is 3. The van der Waals surface area contributed by atoms with Crippen molar-refractivity contribution in [3.8, 4) is 0 Å². The molecule has 0 saturated carbocycles. The van der Waals surface area contributed by atoms with Gasteiger partial charge in [0.15, 0.2) is 6.23 Å². The topological polar surface area (TPSA) is 132 Å². The highest BCUT2D eigenvalue weighted by Gasteiger charge is 2.38. The first kappa shape index (κ1) is 12.8. The molecular weight excluding hydrogens is 222 g/mol. The molecule has 0 aromatic rings. The lowest BCUT2D eigenvalue weighted by Gasteiger charge is -2.35. The molecule has 1 fully saturated rings. The third kappa shape index (κ3) is 2.64. The highest BCUT2D eigenvalue weighted by Crippen LogP contribution is 2.13. The van der Waals surface area contributed by atoms with Crippen LogP contribution >= 0.6 is 0 Å². The van der Waals surface area contributed by atoms with Crippen LogP contribution in [0.5, 0.6) is 0 Å². The summed E-state index contributed by atoms with van der Waals surface area (Å²) in [6.45, 7) is -0.235. The molecule has 0 bridgehead atoms. The SMILES string of the molecule is CN(N=O)C(=O)NC1OC[C@H](O)[C@H](O)[C@H]1O. The number of nitrogens with zero attached hydrogens (tertiary/aromatic N) is 2. The molecule has 0 radical (unpaired) electrons. The van der Waals surface area contributed by atoms with E-state index in [0.717, 1.165) is 7.05 Å². The summed E-state index contributed by atoms with van der Waals surface area (Å²) < 4.78 is 4.88. The number of carbonyl (C=O) groups is 1. The van der Waals surface area contributed by atoms with Crippen LogP contribution in [0, 0.1) is 4.91 Å². The normalized spacial score (nSPS) is 34.2. The standard InChI is InChI=1S/C7H13N3O6/c1-10(9-15)7(14)8-6-5(13)4(12)3(11)2-16-6/h3-6,11-13H,2H2,1H3,(H,8,14)/t3-,4-,5+,6?/m0/s1. The van der Waals surface area contributed by atoms with Crippen LogP contribution < -0.4 is 5.32 Å². The number of nitrogens with one attached hydrogen (secondary N) is 1. The number of rotatable bonds is 2. The highest BCUT2D eigenvalue weighted by atomic mass is 16.5. The number of aliphatic hydroxyl groups is 3. The van der Waals surface area contributed by atoms with Gasteiger partial charge in [0.25, 0.3) is 0 Å². The fourth-order valence-electron chi connectivity index (χ4n) is 1.19. The summed E-state index contributed by atoms with van der Waals surface area (Å²) in [6, 6.07) is -0.886. The second-order valence-corrected chi connectivity index (χ2v) is 3.36. The number of hydrogen-bond acceptors (Lipinski definition) is 7. The molecule has 1 aliphatic heterocycles. The van der Waals surface area contributed by atoms with Crippen molar-refractivity contribution in [3.63, 3.8) is 0 Å². The van der Waals surface area contributed by atoms with E-state index < -0.39 is 30.6 Å². The van der Waals surface area contributed by atoms with E-state index in [-0.39, 0.29) is 6.61 Å². The van der Waals surface area contributed by atoms with Crippen LogP contribution in [0.25, 0.3) is 0 Å². The molecule has 2 amide bonds. The minimum Gasteiger partial charge on any atom is -0.388 e. The molecule has 4 atom stereocenters. The first-order valence-corrected chi connectivity index (χ1v) is 4.50. The molecule has 1 unspecified atom stereocenters. The van der Waals surface area contributed by atoms with Gasteiger partial charge in [-0.05, 0) is 0 Å².